The second-order valence-electron chi connectivity index (χ2n) is 6.42. The van der Waals surface area contributed by atoms with Crippen LogP contribution in [-0.2, 0) is 10.0 Å². The summed E-state index contributed by atoms with van der Waals surface area (Å²) in [5.74, 6) is 0.765. The van der Waals surface area contributed by atoms with Gasteiger partial charge in [-0.05, 0) is 42.7 Å². The largest absolute Gasteiger partial charge is 0.490 e. The highest BCUT2D eigenvalue weighted by Gasteiger charge is 2.30. The van der Waals surface area contributed by atoms with Crippen molar-refractivity contribution in [3.8, 4) is 16.9 Å². The van der Waals surface area contributed by atoms with E-state index in [-0.39, 0.29) is 6.10 Å². The Labute approximate surface area is 158 Å². The van der Waals surface area contributed by atoms with E-state index in [1.807, 2.05) is 12.1 Å². The Bertz CT molecular complexity index is 966. The van der Waals surface area contributed by atoms with E-state index in [4.69, 9.17) is 4.74 Å². The summed E-state index contributed by atoms with van der Waals surface area (Å²) in [4.78, 5) is 4.27. The fourth-order valence-corrected chi connectivity index (χ4v) is 4.65. The highest BCUT2D eigenvalue weighted by Crippen LogP contribution is 2.25. The van der Waals surface area contributed by atoms with Gasteiger partial charge in [0.05, 0.1) is 11.1 Å². The molecule has 1 saturated heterocycles. The monoisotopic (exact) mass is 384 g/mol. The summed E-state index contributed by atoms with van der Waals surface area (Å²) in [6.45, 7) is 0.892. The first-order chi connectivity index (χ1) is 13.1. The van der Waals surface area contributed by atoms with Crippen molar-refractivity contribution in [1.82, 2.24) is 19.5 Å². The number of ether oxygens (including phenoxy) is 1. The van der Waals surface area contributed by atoms with Gasteiger partial charge < -0.3 is 4.74 Å². The number of nitrogens with one attached hydrogen (secondary N) is 1. The summed E-state index contributed by atoms with van der Waals surface area (Å²) in [5.41, 5.74) is 1.85. The topological polar surface area (TPSA) is 88.2 Å². The van der Waals surface area contributed by atoms with Gasteiger partial charge in [-0.25, -0.2) is 8.42 Å². The summed E-state index contributed by atoms with van der Waals surface area (Å²) in [5, 5.41) is 6.67. The molecular formula is C19H20N4O3S. The van der Waals surface area contributed by atoms with E-state index in [9.17, 15) is 8.42 Å². The lowest BCUT2D eigenvalue weighted by molar-refractivity contribution is 0.135. The molecule has 3 aromatic rings. The number of rotatable bonds is 5. The lowest BCUT2D eigenvalue weighted by Crippen LogP contribution is -2.41. The molecule has 1 fully saturated rings. The van der Waals surface area contributed by atoms with E-state index in [2.05, 4.69) is 15.2 Å². The molecule has 1 aromatic carbocycles. The van der Waals surface area contributed by atoms with Crippen LogP contribution in [-0.4, -0.2) is 47.1 Å². The average Bonchev–Trinajstić information content (AvgIpc) is 3.24. The Morgan fingerprint density at radius 2 is 1.70 bits per heavy atom. The van der Waals surface area contributed by atoms with Crippen LogP contribution in [0.25, 0.3) is 11.1 Å². The van der Waals surface area contributed by atoms with Crippen molar-refractivity contribution in [1.29, 1.82) is 0 Å². The molecule has 2 aromatic heterocycles. The molecule has 1 aliphatic rings. The van der Waals surface area contributed by atoms with Crippen LogP contribution in [0.4, 0.5) is 0 Å². The summed E-state index contributed by atoms with van der Waals surface area (Å²) in [6.07, 6.45) is 8.18. The minimum Gasteiger partial charge on any atom is -0.490 e. The number of aromatic amines is 1. The first-order valence-corrected chi connectivity index (χ1v) is 10.2. The third-order valence-corrected chi connectivity index (χ3v) is 6.59. The van der Waals surface area contributed by atoms with Crippen molar-refractivity contribution in [2.75, 3.05) is 13.1 Å². The standard InChI is InChI=1S/C19H20N4O3S/c24-27(25,19-3-1-15(2-4-19)16-13-21-22-14-16)23-11-7-18(8-12-23)26-17-5-9-20-10-6-17/h1-6,9-10,13-14,18H,7-8,11-12H2,(H,21,22). The second kappa shape index (κ2) is 7.50. The van der Waals surface area contributed by atoms with E-state index < -0.39 is 10.0 Å². The number of sulfonamides is 1. The Kier molecular flexibility index (Phi) is 4.91. The van der Waals surface area contributed by atoms with Crippen LogP contribution in [0.1, 0.15) is 12.8 Å². The highest BCUT2D eigenvalue weighted by atomic mass is 32.2. The van der Waals surface area contributed by atoms with Crippen LogP contribution < -0.4 is 4.74 Å². The smallest absolute Gasteiger partial charge is 0.243 e. The maximum atomic E-state index is 12.9. The highest BCUT2D eigenvalue weighted by molar-refractivity contribution is 7.89. The average molecular weight is 384 g/mol. The fraction of sp³-hybridized carbons (Fsp3) is 0.263. The van der Waals surface area contributed by atoms with Crippen LogP contribution in [0.3, 0.4) is 0 Å². The zero-order chi connectivity index (χ0) is 18.7. The molecule has 0 saturated carbocycles. The van der Waals surface area contributed by atoms with Gasteiger partial charge in [0, 0.05) is 37.2 Å². The molecule has 27 heavy (non-hydrogen) atoms. The maximum absolute atomic E-state index is 12.9. The first-order valence-electron chi connectivity index (χ1n) is 8.79. The van der Waals surface area contributed by atoms with Gasteiger partial charge in [0.25, 0.3) is 0 Å². The molecule has 140 valence electrons. The number of piperidine rings is 1. The van der Waals surface area contributed by atoms with Gasteiger partial charge in [0.2, 0.25) is 10.0 Å². The summed E-state index contributed by atoms with van der Waals surface area (Å²) in [6, 6.07) is 10.5. The van der Waals surface area contributed by atoms with Gasteiger partial charge in [-0.3, -0.25) is 10.1 Å². The molecule has 0 radical (unpaired) electrons. The predicted octanol–water partition coefficient (Wildman–Crippen LogP) is 2.70. The van der Waals surface area contributed by atoms with Crippen LogP contribution >= 0.6 is 0 Å². The summed E-state index contributed by atoms with van der Waals surface area (Å²) >= 11 is 0. The summed E-state index contributed by atoms with van der Waals surface area (Å²) in [7, 11) is -3.50. The molecule has 0 aliphatic carbocycles. The molecule has 1 aliphatic heterocycles. The second-order valence-corrected chi connectivity index (χ2v) is 8.35. The lowest BCUT2D eigenvalue weighted by atomic mass is 10.1. The number of nitrogens with zero attached hydrogens (tertiary/aromatic N) is 3. The lowest BCUT2D eigenvalue weighted by Gasteiger charge is -2.31. The van der Waals surface area contributed by atoms with E-state index in [1.54, 1.807) is 49.1 Å². The van der Waals surface area contributed by atoms with Gasteiger partial charge in [-0.1, -0.05) is 12.1 Å². The number of aromatic nitrogens is 3. The number of pyridine rings is 1. The molecule has 1 N–H and O–H groups in total. The number of hydrogen-bond donors (Lipinski definition) is 1. The molecule has 0 atom stereocenters. The SMILES string of the molecule is O=S(=O)(c1ccc(-c2cn[nH]c2)cc1)N1CCC(Oc2ccncc2)CC1. The quantitative estimate of drug-likeness (QED) is 0.731. The van der Waals surface area contributed by atoms with Crippen molar-refractivity contribution in [2.24, 2.45) is 0 Å². The van der Waals surface area contributed by atoms with Crippen molar-refractivity contribution in [2.45, 2.75) is 23.8 Å². The Balaban J connectivity index is 1.41. The molecule has 0 unspecified atom stereocenters. The minimum atomic E-state index is -3.50. The number of benzene rings is 1. The van der Waals surface area contributed by atoms with E-state index >= 15 is 0 Å². The van der Waals surface area contributed by atoms with E-state index in [1.165, 1.54) is 4.31 Å². The number of H-pyrrole nitrogens is 1. The Hall–Kier alpha value is -2.71. The van der Waals surface area contributed by atoms with Gasteiger partial charge >= 0.3 is 0 Å². The normalized spacial score (nSPS) is 16.3. The van der Waals surface area contributed by atoms with Crippen LogP contribution in [0.5, 0.6) is 5.75 Å². The third-order valence-electron chi connectivity index (χ3n) is 4.68. The molecule has 3 heterocycles. The third kappa shape index (κ3) is 3.86. The summed E-state index contributed by atoms with van der Waals surface area (Å²) < 4.78 is 33.3. The molecule has 4 rings (SSSR count). The molecule has 0 bridgehead atoms. The molecule has 7 nitrogen and oxygen atoms in total. The van der Waals surface area contributed by atoms with Crippen molar-refractivity contribution in [3.05, 3.63) is 61.2 Å². The zero-order valence-corrected chi connectivity index (χ0v) is 15.5. The Morgan fingerprint density at radius 3 is 2.33 bits per heavy atom. The molecule has 0 amide bonds. The molecule has 8 heteroatoms. The van der Waals surface area contributed by atoms with Crippen molar-refractivity contribution < 1.29 is 13.2 Å². The van der Waals surface area contributed by atoms with Crippen molar-refractivity contribution in [3.63, 3.8) is 0 Å². The first kappa shape index (κ1) is 17.7. The molecule has 0 spiro atoms. The number of hydrogen-bond acceptors (Lipinski definition) is 5. The van der Waals surface area contributed by atoms with Gasteiger partial charge in [-0.15, -0.1) is 0 Å². The Morgan fingerprint density at radius 1 is 1.00 bits per heavy atom. The fourth-order valence-electron chi connectivity index (χ4n) is 3.18. The predicted molar refractivity (Wildman–Crippen MR) is 101 cm³/mol. The van der Waals surface area contributed by atoms with Crippen LogP contribution in [0.2, 0.25) is 0 Å². The van der Waals surface area contributed by atoms with Crippen LogP contribution in [0.15, 0.2) is 66.1 Å². The zero-order valence-electron chi connectivity index (χ0n) is 14.7. The van der Waals surface area contributed by atoms with Crippen molar-refractivity contribution >= 4 is 10.0 Å². The molecular weight excluding hydrogens is 364 g/mol. The van der Waals surface area contributed by atoms with E-state index in [0.717, 1.165) is 16.9 Å². The van der Waals surface area contributed by atoms with Gasteiger partial charge in [0.15, 0.2) is 0 Å². The van der Waals surface area contributed by atoms with Crippen LogP contribution in [0, 0.1) is 0 Å². The minimum absolute atomic E-state index is 0.0160. The van der Waals surface area contributed by atoms with Gasteiger partial charge in [-0.2, -0.15) is 9.40 Å². The van der Waals surface area contributed by atoms with Gasteiger partial charge in [0.1, 0.15) is 11.9 Å². The van der Waals surface area contributed by atoms with E-state index in [0.29, 0.717) is 30.8 Å². The maximum Gasteiger partial charge on any atom is 0.243 e.